The topological polar surface area (TPSA) is 0 Å². The van der Waals surface area contributed by atoms with Crippen LogP contribution in [0, 0.1) is 0 Å². The normalized spacial score (nSPS) is 42.0. The zero-order valence-corrected chi connectivity index (χ0v) is 5.75. The van der Waals surface area contributed by atoms with Crippen molar-refractivity contribution in [2.75, 3.05) is 0 Å². The minimum Gasteiger partial charge on any atom is -0.176 e. The zero-order chi connectivity index (χ0) is 5.28. The fourth-order valence-electron chi connectivity index (χ4n) is 0.904. The number of alkyl halides is 1. The SMILES string of the molecule is SC1CCC(Cl)C1. The summed E-state index contributed by atoms with van der Waals surface area (Å²) in [5, 5.41) is 1.00. The van der Waals surface area contributed by atoms with Crippen LogP contribution in [-0.2, 0) is 0 Å². The summed E-state index contributed by atoms with van der Waals surface area (Å²) in [6.07, 6.45) is 3.47. The van der Waals surface area contributed by atoms with Crippen molar-refractivity contribution in [3.05, 3.63) is 0 Å². The van der Waals surface area contributed by atoms with Crippen LogP contribution in [0.25, 0.3) is 0 Å². The molecule has 7 heavy (non-hydrogen) atoms. The first-order valence-electron chi connectivity index (χ1n) is 2.61. The van der Waals surface area contributed by atoms with Crippen molar-refractivity contribution in [1.82, 2.24) is 0 Å². The molecule has 1 rings (SSSR count). The molecular formula is C5H9ClS. The van der Waals surface area contributed by atoms with Gasteiger partial charge in [-0.15, -0.1) is 11.6 Å². The van der Waals surface area contributed by atoms with Crippen LogP contribution >= 0.6 is 24.2 Å². The van der Waals surface area contributed by atoms with E-state index in [9.17, 15) is 0 Å². The summed E-state index contributed by atoms with van der Waals surface area (Å²) in [7, 11) is 0. The predicted molar refractivity (Wildman–Crippen MR) is 36.3 cm³/mol. The molecule has 1 saturated carbocycles. The van der Waals surface area contributed by atoms with E-state index in [-0.39, 0.29) is 0 Å². The van der Waals surface area contributed by atoms with Gasteiger partial charge in [0, 0.05) is 10.6 Å². The Morgan fingerprint density at radius 1 is 1.43 bits per heavy atom. The van der Waals surface area contributed by atoms with Crippen molar-refractivity contribution in [1.29, 1.82) is 0 Å². The molecule has 0 aromatic rings. The van der Waals surface area contributed by atoms with Crippen molar-refractivity contribution in [2.24, 2.45) is 0 Å². The highest BCUT2D eigenvalue weighted by Crippen LogP contribution is 2.27. The van der Waals surface area contributed by atoms with E-state index in [2.05, 4.69) is 12.6 Å². The molecular weight excluding hydrogens is 128 g/mol. The second-order valence-corrected chi connectivity index (χ2v) is 3.41. The van der Waals surface area contributed by atoms with E-state index < -0.39 is 0 Å². The number of hydrogen-bond donors (Lipinski definition) is 1. The average molecular weight is 137 g/mol. The Labute approximate surface area is 54.7 Å². The largest absolute Gasteiger partial charge is 0.176 e. The standard InChI is InChI=1S/C5H9ClS/c6-4-1-2-5(7)3-4/h4-5,7H,1-3H2. The van der Waals surface area contributed by atoms with Gasteiger partial charge in [0.1, 0.15) is 0 Å². The van der Waals surface area contributed by atoms with Crippen molar-refractivity contribution >= 4 is 24.2 Å². The van der Waals surface area contributed by atoms with E-state index in [0.29, 0.717) is 10.6 Å². The van der Waals surface area contributed by atoms with Gasteiger partial charge < -0.3 is 0 Å². The molecule has 0 saturated heterocycles. The van der Waals surface area contributed by atoms with Crippen molar-refractivity contribution in [2.45, 2.75) is 29.9 Å². The monoisotopic (exact) mass is 136 g/mol. The Bertz CT molecular complexity index is 57.1. The van der Waals surface area contributed by atoms with Crippen LogP contribution in [0.2, 0.25) is 0 Å². The molecule has 0 aromatic carbocycles. The number of halogens is 1. The number of thiol groups is 1. The summed E-state index contributed by atoms with van der Waals surface area (Å²) in [5.41, 5.74) is 0. The summed E-state index contributed by atoms with van der Waals surface area (Å²) < 4.78 is 0. The van der Waals surface area contributed by atoms with E-state index >= 15 is 0 Å². The highest BCUT2D eigenvalue weighted by Gasteiger charge is 2.18. The highest BCUT2D eigenvalue weighted by molar-refractivity contribution is 7.81. The molecule has 0 heterocycles. The molecule has 2 unspecified atom stereocenters. The third-order valence-electron chi connectivity index (χ3n) is 1.34. The van der Waals surface area contributed by atoms with Gasteiger partial charge in [-0.2, -0.15) is 12.6 Å². The zero-order valence-electron chi connectivity index (χ0n) is 4.10. The minimum atomic E-state index is 0.419. The molecule has 0 bridgehead atoms. The van der Waals surface area contributed by atoms with Crippen molar-refractivity contribution in [3.63, 3.8) is 0 Å². The Morgan fingerprint density at radius 3 is 2.29 bits per heavy atom. The van der Waals surface area contributed by atoms with Crippen LogP contribution in [0.5, 0.6) is 0 Å². The van der Waals surface area contributed by atoms with Crippen LogP contribution in [0.1, 0.15) is 19.3 Å². The molecule has 1 aliphatic carbocycles. The van der Waals surface area contributed by atoms with Gasteiger partial charge in [0.25, 0.3) is 0 Å². The van der Waals surface area contributed by atoms with Gasteiger partial charge in [-0.3, -0.25) is 0 Å². The second kappa shape index (κ2) is 2.27. The van der Waals surface area contributed by atoms with E-state index in [1.807, 2.05) is 0 Å². The summed E-state index contributed by atoms with van der Waals surface area (Å²) in [5.74, 6) is 0. The smallest absolute Gasteiger partial charge is 0.0346 e. The fraction of sp³-hybridized carbons (Fsp3) is 1.00. The predicted octanol–water partition coefficient (Wildman–Crippen LogP) is 2.08. The minimum absolute atomic E-state index is 0.419. The first-order chi connectivity index (χ1) is 3.29. The molecule has 2 heteroatoms. The first-order valence-corrected chi connectivity index (χ1v) is 3.56. The molecule has 0 aliphatic heterocycles. The Balaban J connectivity index is 2.26. The van der Waals surface area contributed by atoms with Crippen LogP contribution in [-0.4, -0.2) is 10.6 Å². The molecule has 42 valence electrons. The molecule has 0 N–H and O–H groups in total. The van der Waals surface area contributed by atoms with Gasteiger partial charge in [0.05, 0.1) is 0 Å². The van der Waals surface area contributed by atoms with Gasteiger partial charge >= 0.3 is 0 Å². The molecule has 1 fully saturated rings. The lowest BCUT2D eigenvalue weighted by atomic mass is 10.4. The summed E-state index contributed by atoms with van der Waals surface area (Å²) in [6.45, 7) is 0. The van der Waals surface area contributed by atoms with E-state index in [1.165, 1.54) is 6.42 Å². The Hall–Kier alpha value is 0.640. The van der Waals surface area contributed by atoms with E-state index in [4.69, 9.17) is 11.6 Å². The third-order valence-corrected chi connectivity index (χ3v) is 2.21. The highest BCUT2D eigenvalue weighted by atomic mass is 35.5. The summed E-state index contributed by atoms with van der Waals surface area (Å²) >= 11 is 10.0. The Kier molecular flexibility index (Phi) is 1.87. The lowest BCUT2D eigenvalue weighted by Gasteiger charge is -1.93. The number of hydrogen-bond acceptors (Lipinski definition) is 1. The summed E-state index contributed by atoms with van der Waals surface area (Å²) in [6, 6.07) is 0. The molecule has 0 aromatic heterocycles. The molecule has 0 nitrogen and oxygen atoms in total. The molecule has 2 atom stereocenters. The van der Waals surface area contributed by atoms with Crippen LogP contribution < -0.4 is 0 Å². The maximum absolute atomic E-state index is 5.76. The van der Waals surface area contributed by atoms with Crippen LogP contribution in [0.3, 0.4) is 0 Å². The molecule has 1 aliphatic rings. The quantitative estimate of drug-likeness (QED) is 0.383. The molecule has 0 radical (unpaired) electrons. The van der Waals surface area contributed by atoms with Gasteiger partial charge in [-0.1, -0.05) is 0 Å². The maximum Gasteiger partial charge on any atom is 0.0346 e. The number of rotatable bonds is 0. The molecule has 0 amide bonds. The second-order valence-electron chi connectivity index (χ2n) is 2.06. The first kappa shape index (κ1) is 5.77. The lowest BCUT2D eigenvalue weighted by Crippen LogP contribution is -1.90. The van der Waals surface area contributed by atoms with Gasteiger partial charge in [-0.05, 0) is 19.3 Å². The molecule has 0 spiro atoms. The van der Waals surface area contributed by atoms with E-state index in [0.717, 1.165) is 12.8 Å². The van der Waals surface area contributed by atoms with Crippen molar-refractivity contribution < 1.29 is 0 Å². The fourth-order valence-corrected chi connectivity index (χ4v) is 1.77. The maximum atomic E-state index is 5.76. The lowest BCUT2D eigenvalue weighted by molar-refractivity contribution is 0.895. The average Bonchev–Trinajstić information content (AvgIpc) is 1.87. The third kappa shape index (κ3) is 1.54. The summed E-state index contributed by atoms with van der Waals surface area (Å²) in [4.78, 5) is 0. The van der Waals surface area contributed by atoms with Gasteiger partial charge in [0.2, 0.25) is 0 Å². The van der Waals surface area contributed by atoms with E-state index in [1.54, 1.807) is 0 Å². The van der Waals surface area contributed by atoms with Crippen molar-refractivity contribution in [3.8, 4) is 0 Å². The Morgan fingerprint density at radius 2 is 2.14 bits per heavy atom. The van der Waals surface area contributed by atoms with Gasteiger partial charge in [0.15, 0.2) is 0 Å². The van der Waals surface area contributed by atoms with Crippen LogP contribution in [0.15, 0.2) is 0 Å². The van der Waals surface area contributed by atoms with Gasteiger partial charge in [-0.25, -0.2) is 0 Å². The van der Waals surface area contributed by atoms with Crippen LogP contribution in [0.4, 0.5) is 0 Å².